The van der Waals surface area contributed by atoms with Gasteiger partial charge < -0.3 is 25.0 Å². The molecule has 0 aromatic heterocycles. The van der Waals surface area contributed by atoms with E-state index in [1.54, 1.807) is 13.8 Å². The van der Waals surface area contributed by atoms with Crippen LogP contribution in [0.25, 0.3) is 0 Å². The summed E-state index contributed by atoms with van der Waals surface area (Å²) in [6.45, 7) is 3.34. The number of carbonyl (C=O) groups is 1. The molecule has 86 valence electrons. The average Bonchev–Trinajstić information content (AvgIpc) is 2.44. The van der Waals surface area contributed by atoms with Gasteiger partial charge in [0.1, 0.15) is 12.2 Å². The Kier molecular flexibility index (Phi) is 2.46. The molecule has 6 heteroatoms. The average molecular weight is 217 g/mol. The molecule has 15 heavy (non-hydrogen) atoms. The molecule has 0 aromatic rings. The van der Waals surface area contributed by atoms with Gasteiger partial charge in [0, 0.05) is 6.54 Å². The molecule has 0 radical (unpaired) electrons. The minimum absolute atomic E-state index is 0.0140. The largest absolute Gasteiger partial charge is 0.388 e. The van der Waals surface area contributed by atoms with Crippen LogP contribution < -0.4 is 5.32 Å². The highest BCUT2D eigenvalue weighted by molar-refractivity contribution is 5.82. The van der Waals surface area contributed by atoms with Gasteiger partial charge in [0.15, 0.2) is 11.9 Å². The normalized spacial score (nSPS) is 44.4. The van der Waals surface area contributed by atoms with Gasteiger partial charge in [-0.25, -0.2) is 0 Å². The zero-order chi connectivity index (χ0) is 11.2. The second-order valence-corrected chi connectivity index (χ2v) is 4.32. The first-order valence-electron chi connectivity index (χ1n) is 4.90. The van der Waals surface area contributed by atoms with Crippen LogP contribution in [0.3, 0.4) is 0 Å². The molecule has 2 saturated heterocycles. The third kappa shape index (κ3) is 1.85. The van der Waals surface area contributed by atoms with Gasteiger partial charge in [0.05, 0.1) is 6.10 Å². The zero-order valence-electron chi connectivity index (χ0n) is 8.64. The van der Waals surface area contributed by atoms with Gasteiger partial charge in [-0.3, -0.25) is 4.79 Å². The number of fused-ring (bicyclic) bond motifs is 1. The van der Waals surface area contributed by atoms with E-state index in [0.717, 1.165) is 0 Å². The lowest BCUT2D eigenvalue weighted by Crippen LogP contribution is -2.43. The summed E-state index contributed by atoms with van der Waals surface area (Å²) in [5.41, 5.74) is 0. The third-order valence-corrected chi connectivity index (χ3v) is 2.60. The lowest BCUT2D eigenvalue weighted by Gasteiger charge is -2.22. The summed E-state index contributed by atoms with van der Waals surface area (Å²) in [6, 6.07) is 0. The van der Waals surface area contributed by atoms with Gasteiger partial charge in [-0.1, -0.05) is 0 Å². The number of hydrogen-bond acceptors (Lipinski definition) is 5. The van der Waals surface area contributed by atoms with Crippen molar-refractivity contribution in [2.75, 3.05) is 6.54 Å². The van der Waals surface area contributed by atoms with Crippen LogP contribution in [-0.2, 0) is 14.3 Å². The van der Waals surface area contributed by atoms with E-state index in [0.29, 0.717) is 0 Å². The van der Waals surface area contributed by atoms with Crippen LogP contribution in [-0.4, -0.2) is 52.9 Å². The molecule has 0 aliphatic carbocycles. The molecular formula is C9H15NO5. The molecule has 2 aliphatic rings. The van der Waals surface area contributed by atoms with E-state index in [4.69, 9.17) is 9.47 Å². The second kappa shape index (κ2) is 3.41. The lowest BCUT2D eigenvalue weighted by molar-refractivity contribution is -0.167. The highest BCUT2D eigenvalue weighted by atomic mass is 16.8. The number of hydrogen-bond donors (Lipinski definition) is 3. The summed E-state index contributed by atoms with van der Waals surface area (Å²) >= 11 is 0. The standard InChI is InChI=1S/C9H15NO5/c1-9(2)14-6-5(12)4(11)3-10-8(13)7(6)15-9/h4-7,11-12H,3H2,1-2H3,(H,10,13)/t4-,5-,6+,7+/m1/s1. The number of aliphatic hydroxyl groups is 2. The van der Waals surface area contributed by atoms with E-state index in [2.05, 4.69) is 5.32 Å². The maximum Gasteiger partial charge on any atom is 0.252 e. The zero-order valence-corrected chi connectivity index (χ0v) is 8.64. The summed E-state index contributed by atoms with van der Waals surface area (Å²) in [5.74, 6) is -1.27. The Morgan fingerprint density at radius 1 is 1.40 bits per heavy atom. The Balaban J connectivity index is 2.24. The molecule has 3 N–H and O–H groups in total. The summed E-state index contributed by atoms with van der Waals surface area (Å²) in [5, 5.41) is 21.7. The predicted molar refractivity (Wildman–Crippen MR) is 48.8 cm³/mol. The van der Waals surface area contributed by atoms with Crippen LogP contribution in [0.5, 0.6) is 0 Å². The van der Waals surface area contributed by atoms with Crippen LogP contribution in [0.1, 0.15) is 13.8 Å². The first kappa shape index (κ1) is 10.8. The van der Waals surface area contributed by atoms with E-state index in [1.165, 1.54) is 0 Å². The topological polar surface area (TPSA) is 88.0 Å². The quantitative estimate of drug-likeness (QED) is 0.453. The molecule has 2 fully saturated rings. The van der Waals surface area contributed by atoms with Crippen molar-refractivity contribution in [1.29, 1.82) is 0 Å². The summed E-state index contributed by atoms with van der Waals surface area (Å²) in [6.07, 6.45) is -3.80. The first-order chi connectivity index (χ1) is 6.91. The molecule has 4 atom stereocenters. The molecule has 6 nitrogen and oxygen atoms in total. The molecule has 2 heterocycles. The molecule has 0 bridgehead atoms. The van der Waals surface area contributed by atoms with Crippen molar-refractivity contribution in [3.05, 3.63) is 0 Å². The number of nitrogens with one attached hydrogen (secondary N) is 1. The number of aliphatic hydroxyl groups excluding tert-OH is 2. The van der Waals surface area contributed by atoms with E-state index >= 15 is 0 Å². The fourth-order valence-electron chi connectivity index (χ4n) is 1.89. The van der Waals surface area contributed by atoms with E-state index in [1.807, 2.05) is 0 Å². The van der Waals surface area contributed by atoms with Gasteiger partial charge in [-0.15, -0.1) is 0 Å². The highest BCUT2D eigenvalue weighted by Gasteiger charge is 2.51. The molecule has 0 aromatic carbocycles. The van der Waals surface area contributed by atoms with E-state index in [-0.39, 0.29) is 12.5 Å². The van der Waals surface area contributed by atoms with Crippen molar-refractivity contribution in [3.63, 3.8) is 0 Å². The number of β-amino-alcohol motifs (C(OH)–C–C–N with tert-alkyl or cyclic N) is 1. The van der Waals surface area contributed by atoms with Crippen LogP contribution in [0, 0.1) is 0 Å². The Labute approximate surface area is 87.2 Å². The van der Waals surface area contributed by atoms with E-state index in [9.17, 15) is 15.0 Å². The summed E-state index contributed by atoms with van der Waals surface area (Å²) in [4.78, 5) is 11.5. The smallest absolute Gasteiger partial charge is 0.252 e. The Morgan fingerprint density at radius 2 is 2.07 bits per heavy atom. The minimum Gasteiger partial charge on any atom is -0.388 e. The number of ether oxygens (including phenoxy) is 2. The number of carbonyl (C=O) groups excluding carboxylic acids is 1. The number of rotatable bonds is 0. The Morgan fingerprint density at radius 3 is 2.73 bits per heavy atom. The second-order valence-electron chi connectivity index (χ2n) is 4.32. The Hall–Kier alpha value is -0.690. The van der Waals surface area contributed by atoms with Gasteiger partial charge in [0.25, 0.3) is 5.91 Å². The molecule has 2 rings (SSSR count). The van der Waals surface area contributed by atoms with Crippen molar-refractivity contribution < 1.29 is 24.5 Å². The number of amides is 1. The van der Waals surface area contributed by atoms with Crippen molar-refractivity contribution in [3.8, 4) is 0 Å². The van der Waals surface area contributed by atoms with Crippen molar-refractivity contribution >= 4 is 5.91 Å². The van der Waals surface area contributed by atoms with Gasteiger partial charge in [-0.05, 0) is 13.8 Å². The van der Waals surface area contributed by atoms with Gasteiger partial charge in [-0.2, -0.15) is 0 Å². The molecule has 2 aliphatic heterocycles. The molecule has 0 spiro atoms. The van der Waals surface area contributed by atoms with Crippen molar-refractivity contribution in [2.45, 2.75) is 44.1 Å². The van der Waals surface area contributed by atoms with E-state index < -0.39 is 30.2 Å². The minimum atomic E-state index is -1.12. The maximum absolute atomic E-state index is 11.5. The third-order valence-electron chi connectivity index (χ3n) is 2.60. The SMILES string of the molecule is CC1(C)O[C@H]2[C@H](O)[C@H](O)CNC(=O)[C@H]2O1. The van der Waals surface area contributed by atoms with Crippen LogP contribution in [0.4, 0.5) is 0 Å². The molecular weight excluding hydrogens is 202 g/mol. The van der Waals surface area contributed by atoms with Crippen LogP contribution >= 0.6 is 0 Å². The van der Waals surface area contributed by atoms with Crippen molar-refractivity contribution in [2.24, 2.45) is 0 Å². The van der Waals surface area contributed by atoms with Gasteiger partial charge >= 0.3 is 0 Å². The predicted octanol–water partition coefficient (Wildman–Crippen LogP) is -1.64. The first-order valence-corrected chi connectivity index (χ1v) is 4.90. The lowest BCUT2D eigenvalue weighted by atomic mass is 10.1. The van der Waals surface area contributed by atoms with Crippen LogP contribution in [0.15, 0.2) is 0 Å². The Bertz CT molecular complexity index is 280. The summed E-state index contributed by atoms with van der Waals surface area (Å²) < 4.78 is 10.8. The molecule has 1 amide bonds. The fraction of sp³-hybridized carbons (Fsp3) is 0.889. The van der Waals surface area contributed by atoms with Crippen molar-refractivity contribution in [1.82, 2.24) is 5.32 Å². The molecule has 0 saturated carbocycles. The fourth-order valence-corrected chi connectivity index (χ4v) is 1.89. The van der Waals surface area contributed by atoms with Crippen LogP contribution in [0.2, 0.25) is 0 Å². The summed E-state index contributed by atoms with van der Waals surface area (Å²) in [7, 11) is 0. The van der Waals surface area contributed by atoms with Gasteiger partial charge in [0.2, 0.25) is 0 Å². The highest BCUT2D eigenvalue weighted by Crippen LogP contribution is 2.31. The monoisotopic (exact) mass is 217 g/mol. The maximum atomic E-state index is 11.5. The molecule has 0 unspecified atom stereocenters.